The lowest BCUT2D eigenvalue weighted by atomic mass is 10.1. The van der Waals surface area contributed by atoms with Crippen LogP contribution in [-0.4, -0.2) is 12.0 Å². The maximum Gasteiger partial charge on any atom is 0.0486 e. The van der Waals surface area contributed by atoms with Crippen molar-refractivity contribution in [2.24, 2.45) is 0 Å². The number of aryl methyl sites for hydroxylation is 2. The summed E-state index contributed by atoms with van der Waals surface area (Å²) in [5, 5.41) is 4.46. The van der Waals surface area contributed by atoms with Crippen molar-refractivity contribution in [3.05, 3.63) is 35.0 Å². The number of fused-ring (bicyclic) bond motifs is 1. The number of aromatic nitrogens is 1. The van der Waals surface area contributed by atoms with E-state index in [1.54, 1.807) is 0 Å². The SMILES string of the molecule is CNCc1cc2cc(C)cc(C)c2[nH]1. The van der Waals surface area contributed by atoms with Crippen molar-refractivity contribution >= 4 is 10.9 Å². The maximum absolute atomic E-state index is 3.43. The Hall–Kier alpha value is -1.28. The lowest BCUT2D eigenvalue weighted by Crippen LogP contribution is -2.04. The summed E-state index contributed by atoms with van der Waals surface area (Å²) in [5.41, 5.74) is 5.16. The molecule has 2 rings (SSSR count). The summed E-state index contributed by atoms with van der Waals surface area (Å²) in [7, 11) is 1.96. The average molecular weight is 188 g/mol. The Labute approximate surface area is 84.3 Å². The average Bonchev–Trinajstić information content (AvgIpc) is 2.48. The van der Waals surface area contributed by atoms with E-state index < -0.39 is 0 Å². The summed E-state index contributed by atoms with van der Waals surface area (Å²) in [6.45, 7) is 5.18. The van der Waals surface area contributed by atoms with Gasteiger partial charge < -0.3 is 10.3 Å². The van der Waals surface area contributed by atoms with E-state index in [9.17, 15) is 0 Å². The molecule has 0 atom stereocenters. The molecular formula is C12H16N2. The van der Waals surface area contributed by atoms with E-state index in [1.807, 2.05) is 7.05 Å². The molecule has 0 saturated carbocycles. The number of H-pyrrole nitrogens is 1. The second-order valence-corrected chi connectivity index (χ2v) is 3.87. The molecule has 1 aromatic carbocycles. The number of benzene rings is 1. The van der Waals surface area contributed by atoms with Gasteiger partial charge in [0.1, 0.15) is 0 Å². The van der Waals surface area contributed by atoms with E-state index in [4.69, 9.17) is 0 Å². The van der Waals surface area contributed by atoms with Crippen molar-refractivity contribution in [2.75, 3.05) is 7.05 Å². The second kappa shape index (κ2) is 3.46. The Bertz CT molecular complexity index is 455. The molecule has 0 unspecified atom stereocenters. The van der Waals surface area contributed by atoms with E-state index in [1.165, 1.54) is 27.7 Å². The van der Waals surface area contributed by atoms with E-state index in [0.717, 1.165) is 6.54 Å². The third-order valence-corrected chi connectivity index (χ3v) is 2.49. The van der Waals surface area contributed by atoms with E-state index in [0.29, 0.717) is 0 Å². The van der Waals surface area contributed by atoms with Gasteiger partial charge in [0.15, 0.2) is 0 Å². The molecule has 0 aliphatic rings. The van der Waals surface area contributed by atoms with Crippen LogP contribution < -0.4 is 5.32 Å². The number of hydrogen-bond acceptors (Lipinski definition) is 1. The first-order chi connectivity index (χ1) is 6.70. The van der Waals surface area contributed by atoms with Crippen LogP contribution in [0, 0.1) is 13.8 Å². The van der Waals surface area contributed by atoms with E-state index in [2.05, 4.69) is 42.3 Å². The number of aromatic amines is 1. The zero-order valence-corrected chi connectivity index (χ0v) is 8.94. The highest BCUT2D eigenvalue weighted by molar-refractivity contribution is 5.84. The molecule has 2 N–H and O–H groups in total. The fourth-order valence-electron chi connectivity index (χ4n) is 1.96. The zero-order valence-electron chi connectivity index (χ0n) is 8.94. The van der Waals surface area contributed by atoms with E-state index >= 15 is 0 Å². The van der Waals surface area contributed by atoms with Crippen LogP contribution in [0.3, 0.4) is 0 Å². The Morgan fingerprint density at radius 2 is 2.00 bits per heavy atom. The van der Waals surface area contributed by atoms with Crippen molar-refractivity contribution in [3.63, 3.8) is 0 Å². The fraction of sp³-hybridized carbons (Fsp3) is 0.333. The lowest BCUT2D eigenvalue weighted by Gasteiger charge is -1.98. The monoisotopic (exact) mass is 188 g/mol. The Kier molecular flexibility index (Phi) is 2.30. The van der Waals surface area contributed by atoms with Crippen LogP contribution in [0.2, 0.25) is 0 Å². The molecule has 74 valence electrons. The van der Waals surface area contributed by atoms with Crippen LogP contribution in [0.15, 0.2) is 18.2 Å². The Balaban J connectivity index is 2.58. The largest absolute Gasteiger partial charge is 0.357 e. The molecule has 2 heteroatoms. The quantitative estimate of drug-likeness (QED) is 0.744. The van der Waals surface area contributed by atoms with Crippen molar-refractivity contribution in [1.82, 2.24) is 10.3 Å². The third-order valence-electron chi connectivity index (χ3n) is 2.49. The molecule has 0 radical (unpaired) electrons. The molecule has 0 aliphatic carbocycles. The van der Waals surface area contributed by atoms with Crippen LogP contribution >= 0.6 is 0 Å². The van der Waals surface area contributed by atoms with Crippen molar-refractivity contribution in [3.8, 4) is 0 Å². The highest BCUT2D eigenvalue weighted by Crippen LogP contribution is 2.20. The summed E-state index contributed by atoms with van der Waals surface area (Å²) in [6.07, 6.45) is 0. The van der Waals surface area contributed by atoms with Gasteiger partial charge >= 0.3 is 0 Å². The highest BCUT2D eigenvalue weighted by Gasteiger charge is 2.02. The molecule has 0 bridgehead atoms. The summed E-state index contributed by atoms with van der Waals surface area (Å²) in [6, 6.07) is 6.64. The summed E-state index contributed by atoms with van der Waals surface area (Å²) in [5.74, 6) is 0. The molecule has 1 heterocycles. The summed E-state index contributed by atoms with van der Waals surface area (Å²) in [4.78, 5) is 3.43. The van der Waals surface area contributed by atoms with Gasteiger partial charge in [-0.05, 0) is 38.6 Å². The number of rotatable bonds is 2. The number of hydrogen-bond donors (Lipinski definition) is 2. The molecular weight excluding hydrogens is 172 g/mol. The van der Waals surface area contributed by atoms with Gasteiger partial charge in [0.2, 0.25) is 0 Å². The molecule has 0 amide bonds. The first-order valence-electron chi connectivity index (χ1n) is 4.94. The molecule has 14 heavy (non-hydrogen) atoms. The van der Waals surface area contributed by atoms with Gasteiger partial charge in [0, 0.05) is 23.1 Å². The van der Waals surface area contributed by atoms with Crippen LogP contribution in [0.25, 0.3) is 10.9 Å². The Morgan fingerprint density at radius 3 is 2.71 bits per heavy atom. The van der Waals surface area contributed by atoms with Crippen molar-refractivity contribution < 1.29 is 0 Å². The van der Waals surface area contributed by atoms with Gasteiger partial charge in [0.25, 0.3) is 0 Å². The topological polar surface area (TPSA) is 27.8 Å². The molecule has 0 fully saturated rings. The van der Waals surface area contributed by atoms with Gasteiger partial charge in [-0.15, -0.1) is 0 Å². The Morgan fingerprint density at radius 1 is 1.21 bits per heavy atom. The maximum atomic E-state index is 3.43. The summed E-state index contributed by atoms with van der Waals surface area (Å²) < 4.78 is 0. The summed E-state index contributed by atoms with van der Waals surface area (Å²) >= 11 is 0. The molecule has 2 aromatic rings. The normalized spacial score (nSPS) is 11.1. The first kappa shape index (κ1) is 9.28. The predicted molar refractivity (Wildman–Crippen MR) is 60.5 cm³/mol. The first-order valence-corrected chi connectivity index (χ1v) is 4.94. The van der Waals surface area contributed by atoms with Crippen LogP contribution in [0.4, 0.5) is 0 Å². The molecule has 2 nitrogen and oxygen atoms in total. The van der Waals surface area contributed by atoms with E-state index in [-0.39, 0.29) is 0 Å². The van der Waals surface area contributed by atoms with Gasteiger partial charge in [-0.3, -0.25) is 0 Å². The van der Waals surface area contributed by atoms with Gasteiger partial charge in [-0.2, -0.15) is 0 Å². The molecule has 0 spiro atoms. The van der Waals surface area contributed by atoms with Gasteiger partial charge in [-0.25, -0.2) is 0 Å². The minimum atomic E-state index is 0.896. The smallest absolute Gasteiger partial charge is 0.0486 e. The molecule has 0 saturated heterocycles. The lowest BCUT2D eigenvalue weighted by molar-refractivity contribution is 0.799. The molecule has 1 aromatic heterocycles. The molecule has 0 aliphatic heterocycles. The minimum absolute atomic E-state index is 0.896. The predicted octanol–water partition coefficient (Wildman–Crippen LogP) is 2.50. The fourth-order valence-corrected chi connectivity index (χ4v) is 1.96. The number of nitrogens with one attached hydrogen (secondary N) is 2. The third kappa shape index (κ3) is 1.53. The van der Waals surface area contributed by atoms with Crippen LogP contribution in [-0.2, 0) is 6.54 Å². The standard InChI is InChI=1S/C12H16N2/c1-8-4-9(2)12-10(5-8)6-11(14-12)7-13-3/h4-6,13-14H,7H2,1-3H3. The zero-order chi connectivity index (χ0) is 10.1. The van der Waals surface area contributed by atoms with Gasteiger partial charge in [-0.1, -0.05) is 11.6 Å². The van der Waals surface area contributed by atoms with Crippen LogP contribution in [0.5, 0.6) is 0 Å². The van der Waals surface area contributed by atoms with Crippen molar-refractivity contribution in [2.45, 2.75) is 20.4 Å². The van der Waals surface area contributed by atoms with Gasteiger partial charge in [0.05, 0.1) is 0 Å². The van der Waals surface area contributed by atoms with Crippen LogP contribution in [0.1, 0.15) is 16.8 Å². The minimum Gasteiger partial charge on any atom is -0.357 e. The van der Waals surface area contributed by atoms with Crippen molar-refractivity contribution in [1.29, 1.82) is 0 Å². The highest BCUT2D eigenvalue weighted by atomic mass is 14.9. The second-order valence-electron chi connectivity index (χ2n) is 3.87.